The van der Waals surface area contributed by atoms with Crippen LogP contribution in [-0.2, 0) is 25.7 Å². The number of benzene rings is 2. The van der Waals surface area contributed by atoms with Crippen LogP contribution in [-0.4, -0.2) is 28.2 Å². The second kappa shape index (κ2) is 8.04. The van der Waals surface area contributed by atoms with Crippen LogP contribution in [0.5, 0.6) is 5.75 Å². The van der Waals surface area contributed by atoms with E-state index in [1.807, 2.05) is 12.1 Å². The molecule has 0 saturated carbocycles. The first-order valence-corrected chi connectivity index (χ1v) is 9.36. The summed E-state index contributed by atoms with van der Waals surface area (Å²) in [5, 5.41) is 4.54. The van der Waals surface area contributed by atoms with Crippen LogP contribution in [0.3, 0.4) is 0 Å². The van der Waals surface area contributed by atoms with E-state index in [-0.39, 0.29) is 6.42 Å². The summed E-state index contributed by atoms with van der Waals surface area (Å²) in [6, 6.07) is 10.6. The average molecular weight is 424 g/mol. The second-order valence-corrected chi connectivity index (χ2v) is 7.23. The zero-order chi connectivity index (χ0) is 20.4. The molecule has 0 bridgehead atoms. The third-order valence-electron chi connectivity index (χ3n) is 4.57. The van der Waals surface area contributed by atoms with Crippen LogP contribution in [0.25, 0.3) is 0 Å². The lowest BCUT2D eigenvalue weighted by atomic mass is 10.1. The largest absolute Gasteiger partial charge is 0.492 e. The molecule has 5 nitrogen and oxygen atoms in total. The van der Waals surface area contributed by atoms with Gasteiger partial charge in [-0.15, -0.1) is 0 Å². The van der Waals surface area contributed by atoms with Crippen LogP contribution < -0.4 is 4.74 Å². The molecule has 1 aliphatic rings. The van der Waals surface area contributed by atoms with Gasteiger partial charge in [-0.1, -0.05) is 35.0 Å². The minimum Gasteiger partial charge on any atom is -0.492 e. The van der Waals surface area contributed by atoms with Gasteiger partial charge in [0.15, 0.2) is 5.82 Å². The Morgan fingerprint density at radius 3 is 2.83 bits per heavy atom. The molecule has 0 spiro atoms. The van der Waals surface area contributed by atoms with Gasteiger partial charge < -0.3 is 9.26 Å². The maximum atomic E-state index is 12.9. The summed E-state index contributed by atoms with van der Waals surface area (Å²) >= 11 is 6.07. The highest BCUT2D eigenvalue weighted by molar-refractivity contribution is 6.30. The van der Waals surface area contributed by atoms with E-state index in [0.29, 0.717) is 48.5 Å². The normalized spacial score (nSPS) is 14.9. The maximum absolute atomic E-state index is 12.9. The van der Waals surface area contributed by atoms with E-state index in [0.717, 1.165) is 23.4 Å². The van der Waals surface area contributed by atoms with Crippen LogP contribution in [0.2, 0.25) is 5.02 Å². The van der Waals surface area contributed by atoms with Crippen LogP contribution in [0.4, 0.5) is 13.2 Å². The topological polar surface area (TPSA) is 51.4 Å². The monoisotopic (exact) mass is 423 g/mol. The molecule has 0 unspecified atom stereocenters. The highest BCUT2D eigenvalue weighted by atomic mass is 35.5. The van der Waals surface area contributed by atoms with Crippen LogP contribution >= 0.6 is 11.6 Å². The lowest BCUT2D eigenvalue weighted by Crippen LogP contribution is -2.25. The lowest BCUT2D eigenvalue weighted by Gasteiger charge is -2.16. The summed E-state index contributed by atoms with van der Waals surface area (Å²) in [6.07, 6.45) is -4.22. The van der Waals surface area contributed by atoms with Gasteiger partial charge in [-0.3, -0.25) is 4.90 Å². The first-order valence-electron chi connectivity index (χ1n) is 8.98. The van der Waals surface area contributed by atoms with Gasteiger partial charge >= 0.3 is 6.18 Å². The molecule has 29 heavy (non-hydrogen) atoms. The number of rotatable bonds is 4. The Morgan fingerprint density at radius 1 is 1.14 bits per heavy atom. The molecule has 0 atom stereocenters. The molecule has 0 amide bonds. The van der Waals surface area contributed by atoms with Crippen LogP contribution in [0, 0.1) is 0 Å². The van der Waals surface area contributed by atoms with Gasteiger partial charge in [0.2, 0.25) is 5.89 Å². The van der Waals surface area contributed by atoms with Crippen molar-refractivity contribution < 1.29 is 22.4 Å². The lowest BCUT2D eigenvalue weighted by molar-refractivity contribution is -0.137. The number of alkyl halides is 3. The van der Waals surface area contributed by atoms with E-state index in [1.54, 1.807) is 12.1 Å². The van der Waals surface area contributed by atoms with E-state index in [1.165, 1.54) is 6.07 Å². The predicted molar refractivity (Wildman–Crippen MR) is 99.6 cm³/mol. The fraction of sp³-hybridized carbons (Fsp3) is 0.300. The molecule has 1 aliphatic heterocycles. The number of hydrogen-bond donors (Lipinski definition) is 0. The van der Waals surface area contributed by atoms with Gasteiger partial charge in [-0.25, -0.2) is 0 Å². The summed E-state index contributed by atoms with van der Waals surface area (Å²) in [5.74, 6) is 1.54. The third kappa shape index (κ3) is 4.89. The summed E-state index contributed by atoms with van der Waals surface area (Å²) in [4.78, 5) is 6.42. The Morgan fingerprint density at radius 2 is 2.00 bits per heavy atom. The number of halogens is 4. The standard InChI is InChI=1S/C20H17ClF3N3O2/c21-16-4-5-17-14(10-16)11-27(6-7-28-17)12-19-25-18(26-29-19)9-13-2-1-3-15(8-13)20(22,23)24/h1-5,8,10H,6-7,9,11-12H2. The zero-order valence-corrected chi connectivity index (χ0v) is 16.0. The Labute approximate surface area is 170 Å². The molecular weight excluding hydrogens is 407 g/mol. The van der Waals surface area contributed by atoms with Crippen molar-refractivity contribution in [2.75, 3.05) is 13.2 Å². The highest BCUT2D eigenvalue weighted by Crippen LogP contribution is 2.30. The van der Waals surface area contributed by atoms with Gasteiger partial charge in [-0.05, 0) is 29.8 Å². The van der Waals surface area contributed by atoms with E-state index < -0.39 is 11.7 Å². The summed E-state index contributed by atoms with van der Waals surface area (Å²) in [5.41, 5.74) is 0.748. The molecule has 0 fully saturated rings. The van der Waals surface area contributed by atoms with Crippen molar-refractivity contribution in [3.63, 3.8) is 0 Å². The molecule has 0 radical (unpaired) electrons. The van der Waals surface area contributed by atoms with Crippen molar-refractivity contribution in [3.05, 3.63) is 75.9 Å². The molecule has 4 rings (SSSR count). The summed E-state index contributed by atoms with van der Waals surface area (Å²) in [6.45, 7) is 2.20. The van der Waals surface area contributed by atoms with Crippen LogP contribution in [0.1, 0.15) is 28.4 Å². The van der Waals surface area contributed by atoms with E-state index in [4.69, 9.17) is 20.9 Å². The number of fused-ring (bicyclic) bond motifs is 1. The van der Waals surface area contributed by atoms with Crippen molar-refractivity contribution >= 4 is 11.6 Å². The van der Waals surface area contributed by atoms with Crippen molar-refractivity contribution in [3.8, 4) is 5.75 Å². The molecule has 152 valence electrons. The van der Waals surface area contributed by atoms with Gasteiger partial charge in [0.05, 0.1) is 12.1 Å². The molecule has 2 heterocycles. The summed E-state index contributed by atoms with van der Waals surface area (Å²) in [7, 11) is 0. The molecular formula is C20H17ClF3N3O2. The predicted octanol–water partition coefficient (Wildman–Crippen LogP) is 4.73. The molecule has 0 N–H and O–H groups in total. The van der Waals surface area contributed by atoms with Crippen LogP contribution in [0.15, 0.2) is 47.0 Å². The van der Waals surface area contributed by atoms with Crippen molar-refractivity contribution in [2.45, 2.75) is 25.7 Å². The Bertz CT molecular complexity index is 1010. The second-order valence-electron chi connectivity index (χ2n) is 6.79. The highest BCUT2D eigenvalue weighted by Gasteiger charge is 2.30. The van der Waals surface area contributed by atoms with Crippen molar-refractivity contribution in [1.82, 2.24) is 15.0 Å². The Hall–Kier alpha value is -2.58. The first kappa shape index (κ1) is 19.7. The fourth-order valence-electron chi connectivity index (χ4n) is 3.21. The third-order valence-corrected chi connectivity index (χ3v) is 4.80. The molecule has 3 aromatic rings. The quantitative estimate of drug-likeness (QED) is 0.607. The molecule has 1 aromatic heterocycles. The number of hydrogen-bond acceptors (Lipinski definition) is 5. The SMILES string of the molecule is FC(F)(F)c1cccc(Cc2noc(CN3CCOc4ccc(Cl)cc4C3)n2)c1. The first-order chi connectivity index (χ1) is 13.9. The average Bonchev–Trinajstić information content (AvgIpc) is 2.99. The minimum atomic E-state index is -4.38. The number of ether oxygens (including phenoxy) is 1. The van der Waals surface area contributed by atoms with Gasteiger partial charge in [0.1, 0.15) is 12.4 Å². The number of aromatic nitrogens is 2. The minimum absolute atomic E-state index is 0.162. The zero-order valence-electron chi connectivity index (χ0n) is 15.2. The summed E-state index contributed by atoms with van der Waals surface area (Å²) < 4.78 is 49.6. The molecule has 0 aliphatic carbocycles. The molecule has 2 aromatic carbocycles. The van der Waals surface area contributed by atoms with Crippen molar-refractivity contribution in [1.29, 1.82) is 0 Å². The molecule has 9 heteroatoms. The Balaban J connectivity index is 1.43. The fourth-order valence-corrected chi connectivity index (χ4v) is 3.40. The Kier molecular flexibility index (Phi) is 5.47. The van der Waals surface area contributed by atoms with Crippen molar-refractivity contribution in [2.24, 2.45) is 0 Å². The van der Waals surface area contributed by atoms with E-state index in [2.05, 4.69) is 15.0 Å². The van der Waals surface area contributed by atoms with E-state index in [9.17, 15) is 13.2 Å². The molecule has 0 saturated heterocycles. The smallest absolute Gasteiger partial charge is 0.416 e. The number of nitrogens with zero attached hydrogens (tertiary/aromatic N) is 3. The maximum Gasteiger partial charge on any atom is 0.416 e. The van der Waals surface area contributed by atoms with E-state index >= 15 is 0 Å². The van der Waals surface area contributed by atoms with Gasteiger partial charge in [0.25, 0.3) is 0 Å². The van der Waals surface area contributed by atoms with Gasteiger partial charge in [0, 0.05) is 30.1 Å². The van der Waals surface area contributed by atoms with Gasteiger partial charge in [-0.2, -0.15) is 18.2 Å².